The predicted molar refractivity (Wildman–Crippen MR) is 72.9 cm³/mol. The third-order valence-electron chi connectivity index (χ3n) is 2.66. The number of hydrogen-bond donors (Lipinski definition) is 2. The van der Waals surface area contributed by atoms with E-state index in [1.54, 1.807) is 19.1 Å². The van der Waals surface area contributed by atoms with Gasteiger partial charge in [0.15, 0.2) is 11.9 Å². The Hall–Kier alpha value is -2.83. The molecule has 0 saturated carbocycles. The molecule has 0 aliphatic heterocycles. The fourth-order valence-corrected chi connectivity index (χ4v) is 1.58. The molecule has 0 spiro atoms. The number of benzene rings is 1. The molecule has 0 radical (unpaired) electrons. The third kappa shape index (κ3) is 3.59. The van der Waals surface area contributed by atoms with E-state index < -0.39 is 18.0 Å². The zero-order valence-corrected chi connectivity index (χ0v) is 11.5. The largest absolute Gasteiger partial charge is 0.507 e. The first-order chi connectivity index (χ1) is 9.97. The number of phenolic OH excluding ortho intramolecular Hbond substituents is 1. The first-order valence-electron chi connectivity index (χ1n) is 6.20. The molecule has 1 aromatic carbocycles. The number of ether oxygens (including phenoxy) is 1. The molecule has 0 bridgehead atoms. The number of nitrogens with one attached hydrogen (secondary N) is 1. The number of aromatic hydroxyl groups is 1. The second-order valence-electron chi connectivity index (χ2n) is 4.38. The molecule has 110 valence electrons. The van der Waals surface area contributed by atoms with Crippen LogP contribution < -0.4 is 5.32 Å². The molecular weight excluding hydrogens is 276 g/mol. The Bertz CT molecular complexity index is 665. The van der Waals surface area contributed by atoms with E-state index in [1.165, 1.54) is 25.1 Å². The molecule has 0 aliphatic carbocycles. The third-order valence-corrected chi connectivity index (χ3v) is 2.66. The standard InChI is InChI=1S/C14H14N2O5/c1-8-7-12(16-21-8)15-13(18)9(2)20-14(19)10-5-3-4-6-11(10)17/h3-7,9,17H,1-2H3,(H,15,16,18)/t9-/m0/s1. The highest BCUT2D eigenvalue weighted by Crippen LogP contribution is 2.17. The van der Waals surface area contributed by atoms with Gasteiger partial charge in [0.2, 0.25) is 0 Å². The van der Waals surface area contributed by atoms with Gasteiger partial charge < -0.3 is 19.7 Å². The lowest BCUT2D eigenvalue weighted by Crippen LogP contribution is -2.30. The lowest BCUT2D eigenvalue weighted by molar-refractivity contribution is -0.123. The van der Waals surface area contributed by atoms with Crippen LogP contribution in [0, 0.1) is 6.92 Å². The Morgan fingerprint density at radius 1 is 1.38 bits per heavy atom. The quantitative estimate of drug-likeness (QED) is 0.833. The Morgan fingerprint density at radius 3 is 2.71 bits per heavy atom. The van der Waals surface area contributed by atoms with Gasteiger partial charge in [0.05, 0.1) is 0 Å². The van der Waals surface area contributed by atoms with Crippen LogP contribution in [0.5, 0.6) is 5.75 Å². The van der Waals surface area contributed by atoms with E-state index in [-0.39, 0.29) is 17.1 Å². The lowest BCUT2D eigenvalue weighted by atomic mass is 10.2. The van der Waals surface area contributed by atoms with Crippen LogP contribution in [0.2, 0.25) is 0 Å². The van der Waals surface area contributed by atoms with Gasteiger partial charge in [0.25, 0.3) is 5.91 Å². The number of aromatic nitrogens is 1. The van der Waals surface area contributed by atoms with Crippen LogP contribution >= 0.6 is 0 Å². The van der Waals surface area contributed by atoms with E-state index in [1.807, 2.05) is 0 Å². The van der Waals surface area contributed by atoms with Crippen molar-refractivity contribution < 1.29 is 24.0 Å². The van der Waals surface area contributed by atoms with E-state index in [0.717, 1.165) is 0 Å². The van der Waals surface area contributed by atoms with Crippen LogP contribution in [0.15, 0.2) is 34.9 Å². The molecule has 1 aromatic heterocycles. The average molecular weight is 290 g/mol. The van der Waals surface area contributed by atoms with Crippen LogP contribution in [-0.4, -0.2) is 28.2 Å². The van der Waals surface area contributed by atoms with Gasteiger partial charge in [-0.25, -0.2) is 4.79 Å². The molecule has 21 heavy (non-hydrogen) atoms. The van der Waals surface area contributed by atoms with E-state index in [4.69, 9.17) is 9.26 Å². The summed E-state index contributed by atoms with van der Waals surface area (Å²) in [7, 11) is 0. The second kappa shape index (κ2) is 6.08. The number of anilines is 1. The van der Waals surface area contributed by atoms with Crippen LogP contribution in [-0.2, 0) is 9.53 Å². The maximum absolute atomic E-state index is 11.8. The van der Waals surface area contributed by atoms with Crippen molar-refractivity contribution in [3.8, 4) is 5.75 Å². The SMILES string of the molecule is Cc1cc(NC(=O)[C@H](C)OC(=O)c2ccccc2O)no1. The number of aryl methyl sites for hydroxylation is 1. The first-order valence-corrected chi connectivity index (χ1v) is 6.20. The number of hydrogen-bond acceptors (Lipinski definition) is 6. The normalized spacial score (nSPS) is 11.7. The fraction of sp³-hybridized carbons (Fsp3) is 0.214. The molecular formula is C14H14N2O5. The Morgan fingerprint density at radius 2 is 2.10 bits per heavy atom. The minimum atomic E-state index is -1.05. The summed E-state index contributed by atoms with van der Waals surface area (Å²) >= 11 is 0. The summed E-state index contributed by atoms with van der Waals surface area (Å²) in [5.41, 5.74) is -0.00516. The molecule has 0 unspecified atom stereocenters. The first kappa shape index (κ1) is 14.6. The lowest BCUT2D eigenvalue weighted by Gasteiger charge is -2.12. The predicted octanol–water partition coefficient (Wildman–Crippen LogP) is 1.87. The zero-order valence-electron chi connectivity index (χ0n) is 11.5. The fourth-order valence-electron chi connectivity index (χ4n) is 1.58. The average Bonchev–Trinajstić information content (AvgIpc) is 2.84. The highest BCUT2D eigenvalue weighted by Gasteiger charge is 2.21. The highest BCUT2D eigenvalue weighted by molar-refractivity contribution is 5.97. The van der Waals surface area contributed by atoms with E-state index in [9.17, 15) is 14.7 Å². The minimum Gasteiger partial charge on any atom is -0.507 e. The number of para-hydroxylation sites is 1. The van der Waals surface area contributed by atoms with Crippen molar-refractivity contribution in [1.29, 1.82) is 0 Å². The van der Waals surface area contributed by atoms with Gasteiger partial charge in [-0.2, -0.15) is 0 Å². The van der Waals surface area contributed by atoms with Crippen molar-refractivity contribution in [3.05, 3.63) is 41.7 Å². The summed E-state index contributed by atoms with van der Waals surface area (Å²) in [6.45, 7) is 3.10. The molecule has 1 amide bonds. The number of carbonyl (C=O) groups excluding carboxylic acids is 2. The molecule has 1 atom stereocenters. The Balaban J connectivity index is 1.97. The molecule has 7 nitrogen and oxygen atoms in total. The molecule has 2 aromatic rings. The van der Waals surface area contributed by atoms with Crippen molar-refractivity contribution in [2.45, 2.75) is 20.0 Å². The van der Waals surface area contributed by atoms with E-state index in [0.29, 0.717) is 5.76 Å². The number of nitrogens with zero attached hydrogens (tertiary/aromatic N) is 1. The summed E-state index contributed by atoms with van der Waals surface area (Å²) in [6.07, 6.45) is -1.05. The van der Waals surface area contributed by atoms with E-state index >= 15 is 0 Å². The van der Waals surface area contributed by atoms with E-state index in [2.05, 4.69) is 10.5 Å². The van der Waals surface area contributed by atoms with Crippen molar-refractivity contribution >= 4 is 17.7 Å². The molecule has 0 aliphatic rings. The maximum Gasteiger partial charge on any atom is 0.342 e. The molecule has 7 heteroatoms. The van der Waals surface area contributed by atoms with Gasteiger partial charge in [0, 0.05) is 6.07 Å². The van der Waals surface area contributed by atoms with Crippen LogP contribution in [0.1, 0.15) is 23.0 Å². The van der Waals surface area contributed by atoms with Crippen molar-refractivity contribution in [3.63, 3.8) is 0 Å². The minimum absolute atomic E-state index is 0.00516. The van der Waals surface area contributed by atoms with Gasteiger partial charge >= 0.3 is 5.97 Å². The molecule has 2 N–H and O–H groups in total. The van der Waals surface area contributed by atoms with Gasteiger partial charge in [-0.1, -0.05) is 17.3 Å². The smallest absolute Gasteiger partial charge is 0.342 e. The Labute approximate surface area is 120 Å². The topological polar surface area (TPSA) is 102 Å². The van der Waals surface area contributed by atoms with Gasteiger partial charge in [-0.15, -0.1) is 0 Å². The molecule has 0 fully saturated rings. The molecule has 1 heterocycles. The summed E-state index contributed by atoms with van der Waals surface area (Å²) < 4.78 is 9.79. The zero-order chi connectivity index (χ0) is 15.4. The van der Waals surface area contributed by atoms with Crippen molar-refractivity contribution in [2.24, 2.45) is 0 Å². The number of amides is 1. The number of rotatable bonds is 4. The summed E-state index contributed by atoms with van der Waals surface area (Å²) in [6, 6.07) is 7.46. The summed E-state index contributed by atoms with van der Waals surface area (Å²) in [4.78, 5) is 23.7. The van der Waals surface area contributed by atoms with Crippen LogP contribution in [0.4, 0.5) is 5.82 Å². The van der Waals surface area contributed by atoms with Crippen molar-refractivity contribution in [2.75, 3.05) is 5.32 Å². The highest BCUT2D eigenvalue weighted by atomic mass is 16.5. The molecule has 2 rings (SSSR count). The van der Waals surface area contributed by atoms with Crippen LogP contribution in [0.25, 0.3) is 0 Å². The Kier molecular flexibility index (Phi) is 4.22. The number of phenols is 1. The number of carbonyl (C=O) groups is 2. The summed E-state index contributed by atoms with van der Waals surface area (Å²) in [5.74, 6) is -0.756. The van der Waals surface area contributed by atoms with Crippen LogP contribution in [0.3, 0.4) is 0 Å². The molecule has 0 saturated heterocycles. The summed E-state index contributed by atoms with van der Waals surface area (Å²) in [5, 5.41) is 15.6. The van der Waals surface area contributed by atoms with Crippen molar-refractivity contribution in [1.82, 2.24) is 5.16 Å². The van der Waals surface area contributed by atoms with Gasteiger partial charge in [-0.3, -0.25) is 4.79 Å². The van der Waals surface area contributed by atoms with Gasteiger partial charge in [-0.05, 0) is 26.0 Å². The van der Waals surface area contributed by atoms with Gasteiger partial charge in [0.1, 0.15) is 17.1 Å². The monoisotopic (exact) mass is 290 g/mol. The maximum atomic E-state index is 11.8. The second-order valence-corrected chi connectivity index (χ2v) is 4.38. The number of esters is 1.